The number of nitrogen functional groups attached to an aromatic ring is 1. The fourth-order valence-electron chi connectivity index (χ4n) is 6.88. The largest absolute Gasteiger partial charge is 0.508 e. The number of para-hydroxylation sites is 2. The number of benzene rings is 5. The van der Waals surface area contributed by atoms with Gasteiger partial charge >= 0.3 is 0 Å². The Labute approximate surface area is 327 Å². The summed E-state index contributed by atoms with van der Waals surface area (Å²) in [5.74, 6) is -0.217. The number of aromatic hydroxyl groups is 1. The van der Waals surface area contributed by atoms with E-state index in [1.165, 1.54) is 0 Å². The number of nitrogens with two attached hydrogens (primary N) is 1. The van der Waals surface area contributed by atoms with Crippen molar-refractivity contribution in [2.45, 2.75) is 63.4 Å². The molecule has 0 spiro atoms. The number of amides is 2. The van der Waals surface area contributed by atoms with Crippen LogP contribution in [0.2, 0.25) is 0 Å². The van der Waals surface area contributed by atoms with Crippen LogP contribution in [-0.2, 0) is 32.2 Å². The Hall–Kier alpha value is -5.56. The highest BCUT2D eigenvalue weighted by molar-refractivity contribution is 5.94. The van der Waals surface area contributed by atoms with Crippen molar-refractivity contribution in [3.63, 3.8) is 0 Å². The lowest BCUT2D eigenvalue weighted by Crippen LogP contribution is -2.39. The van der Waals surface area contributed by atoms with Crippen molar-refractivity contribution in [3.05, 3.63) is 149 Å². The van der Waals surface area contributed by atoms with Crippen LogP contribution in [0.3, 0.4) is 0 Å². The fourth-order valence-corrected chi connectivity index (χ4v) is 6.88. The van der Waals surface area contributed by atoms with E-state index in [-0.39, 0.29) is 49.2 Å². The van der Waals surface area contributed by atoms with E-state index in [2.05, 4.69) is 10.6 Å². The third-order valence-corrected chi connectivity index (χ3v) is 9.90. The maximum atomic E-state index is 12.7. The third-order valence-electron chi connectivity index (χ3n) is 9.90. The Morgan fingerprint density at radius 2 is 1.57 bits per heavy atom. The third kappa shape index (κ3) is 11.0. The van der Waals surface area contributed by atoms with Crippen LogP contribution in [0.25, 0.3) is 11.1 Å². The summed E-state index contributed by atoms with van der Waals surface area (Å²) in [7, 11) is 1.93. The molecule has 6 rings (SSSR count). The van der Waals surface area contributed by atoms with Gasteiger partial charge in [-0.2, -0.15) is 0 Å². The van der Waals surface area contributed by atoms with Gasteiger partial charge in [-0.05, 0) is 71.1 Å². The van der Waals surface area contributed by atoms with Crippen LogP contribution in [0.5, 0.6) is 5.75 Å². The number of anilines is 2. The Kier molecular flexibility index (Phi) is 13.9. The summed E-state index contributed by atoms with van der Waals surface area (Å²) in [4.78, 5) is 27.1. The SMILES string of the molecule is CN(CC1CC(c2ccc(CO)cc2)OC(c2ccc(-c3ccccc3CNC(=O)CCCC(=O)Nc3ccccc3N)cc2)O1)CC(O)c1cccc(O)c1. The van der Waals surface area contributed by atoms with Gasteiger partial charge < -0.3 is 46.1 Å². The topological polar surface area (TPSA) is 167 Å². The molecule has 11 heteroatoms. The molecule has 4 unspecified atom stereocenters. The summed E-state index contributed by atoms with van der Waals surface area (Å²) in [6.45, 7) is 1.18. The van der Waals surface area contributed by atoms with E-state index in [0.717, 1.165) is 33.4 Å². The molecule has 5 aromatic rings. The van der Waals surface area contributed by atoms with Crippen LogP contribution < -0.4 is 16.4 Å². The van der Waals surface area contributed by atoms with Gasteiger partial charge in [0.1, 0.15) is 5.75 Å². The number of nitrogens with one attached hydrogen (secondary N) is 2. The van der Waals surface area contributed by atoms with Crippen molar-refractivity contribution in [2.75, 3.05) is 31.2 Å². The first-order chi connectivity index (χ1) is 27.1. The first-order valence-corrected chi connectivity index (χ1v) is 18.9. The summed E-state index contributed by atoms with van der Waals surface area (Å²) in [6.07, 6.45) is -0.506. The van der Waals surface area contributed by atoms with E-state index in [0.29, 0.717) is 49.4 Å². The summed E-state index contributed by atoms with van der Waals surface area (Å²) < 4.78 is 13.1. The quantitative estimate of drug-likeness (QED) is 0.0596. The zero-order chi connectivity index (χ0) is 39.4. The number of aliphatic hydroxyl groups is 2. The van der Waals surface area contributed by atoms with Crippen molar-refractivity contribution in [3.8, 4) is 16.9 Å². The van der Waals surface area contributed by atoms with E-state index in [9.17, 15) is 24.9 Å². The summed E-state index contributed by atoms with van der Waals surface area (Å²) in [5, 5.41) is 36.1. The number of phenols is 1. The van der Waals surface area contributed by atoms with E-state index in [1.54, 1.807) is 48.5 Å². The van der Waals surface area contributed by atoms with E-state index in [1.807, 2.05) is 84.7 Å². The lowest BCUT2D eigenvalue weighted by Gasteiger charge is -2.38. The van der Waals surface area contributed by atoms with Gasteiger partial charge in [0.05, 0.1) is 36.3 Å². The minimum atomic E-state index is -0.785. The molecule has 1 aliphatic heterocycles. The second-order valence-electron chi connectivity index (χ2n) is 14.2. The summed E-state index contributed by atoms with van der Waals surface area (Å²) >= 11 is 0. The maximum absolute atomic E-state index is 12.7. The van der Waals surface area contributed by atoms with Gasteiger partial charge in [-0.3, -0.25) is 9.59 Å². The predicted octanol–water partition coefficient (Wildman–Crippen LogP) is 6.77. The minimum Gasteiger partial charge on any atom is -0.508 e. The number of ether oxygens (including phenoxy) is 2. The zero-order valence-electron chi connectivity index (χ0n) is 31.5. The first kappa shape index (κ1) is 40.1. The normalized spacial score (nSPS) is 17.3. The molecule has 0 aliphatic carbocycles. The van der Waals surface area contributed by atoms with Gasteiger partial charge in [0.15, 0.2) is 6.29 Å². The minimum absolute atomic E-state index is 0.0411. The molecule has 0 aromatic heterocycles. The molecule has 56 heavy (non-hydrogen) atoms. The van der Waals surface area contributed by atoms with Crippen molar-refractivity contribution in [2.24, 2.45) is 0 Å². The number of hydrogen-bond donors (Lipinski definition) is 6. The zero-order valence-corrected chi connectivity index (χ0v) is 31.5. The smallest absolute Gasteiger partial charge is 0.224 e. The highest BCUT2D eigenvalue weighted by Crippen LogP contribution is 2.39. The van der Waals surface area contributed by atoms with E-state index < -0.39 is 12.4 Å². The number of rotatable bonds is 16. The predicted molar refractivity (Wildman–Crippen MR) is 216 cm³/mol. The van der Waals surface area contributed by atoms with Crippen molar-refractivity contribution in [1.82, 2.24) is 10.2 Å². The van der Waals surface area contributed by atoms with Crippen molar-refractivity contribution >= 4 is 23.2 Å². The van der Waals surface area contributed by atoms with E-state index in [4.69, 9.17) is 15.2 Å². The Balaban J connectivity index is 1.08. The van der Waals surface area contributed by atoms with Crippen LogP contribution in [0, 0.1) is 0 Å². The van der Waals surface area contributed by atoms with Crippen molar-refractivity contribution in [1.29, 1.82) is 0 Å². The molecule has 11 nitrogen and oxygen atoms in total. The second kappa shape index (κ2) is 19.3. The van der Waals surface area contributed by atoms with Gasteiger partial charge in [-0.25, -0.2) is 0 Å². The van der Waals surface area contributed by atoms with E-state index >= 15 is 0 Å². The first-order valence-electron chi connectivity index (χ1n) is 18.9. The Bertz CT molecular complexity index is 2060. The standard InChI is InChI=1S/C45H50N4O7/c1-49(28-41(52)34-9-6-10-36(51)24-34)27-37-25-42(32-18-16-30(29-50)17-19-32)56-45(55-37)33-22-20-31(21-23-33)38-11-3-2-8-35(38)26-47-43(53)14-7-15-44(54)48-40-13-5-4-12-39(40)46/h2-6,8-13,16-24,37,41-42,45,50-52H,7,14-15,25-29,46H2,1H3,(H,47,53)(H,48,54). The number of hydrogen-bond acceptors (Lipinski definition) is 9. The molecular formula is C45H50N4O7. The van der Waals surface area contributed by atoms with Gasteiger partial charge in [-0.15, -0.1) is 0 Å². The molecule has 1 heterocycles. The maximum Gasteiger partial charge on any atom is 0.224 e. The fraction of sp³-hybridized carbons (Fsp3) is 0.289. The summed E-state index contributed by atoms with van der Waals surface area (Å²) in [5.41, 5.74) is 13.2. The number of carbonyl (C=O) groups excluding carboxylic acids is 2. The molecular weight excluding hydrogens is 709 g/mol. The molecule has 4 atom stereocenters. The average Bonchev–Trinajstić information content (AvgIpc) is 3.21. The van der Waals surface area contributed by atoms with Crippen LogP contribution in [0.1, 0.15) is 72.0 Å². The molecule has 7 N–H and O–H groups in total. The molecule has 2 amide bonds. The Morgan fingerprint density at radius 3 is 2.32 bits per heavy atom. The molecule has 1 aliphatic rings. The molecule has 0 radical (unpaired) electrons. The summed E-state index contributed by atoms with van der Waals surface area (Å²) in [6, 6.07) is 37.4. The van der Waals surface area contributed by atoms with Gasteiger partial charge in [0.25, 0.3) is 0 Å². The highest BCUT2D eigenvalue weighted by atomic mass is 16.7. The monoisotopic (exact) mass is 758 g/mol. The number of nitrogens with zero attached hydrogens (tertiary/aromatic N) is 1. The molecule has 292 valence electrons. The molecule has 0 bridgehead atoms. The molecule has 1 fully saturated rings. The van der Waals surface area contributed by atoms with Gasteiger partial charge in [0, 0.05) is 44.5 Å². The highest BCUT2D eigenvalue weighted by Gasteiger charge is 2.33. The molecule has 1 saturated heterocycles. The number of aliphatic hydroxyl groups excluding tert-OH is 2. The number of likely N-dealkylation sites (N-methyl/N-ethyl adjacent to an activating group) is 1. The van der Waals surface area contributed by atoms with Crippen LogP contribution in [-0.4, -0.2) is 58.3 Å². The Morgan fingerprint density at radius 1 is 0.857 bits per heavy atom. The number of phenolic OH excluding ortho intramolecular Hbond substituents is 1. The average molecular weight is 759 g/mol. The van der Waals surface area contributed by atoms with Crippen molar-refractivity contribution < 1.29 is 34.4 Å². The lowest BCUT2D eigenvalue weighted by molar-refractivity contribution is -0.252. The molecule has 5 aromatic carbocycles. The van der Waals surface area contributed by atoms with Gasteiger partial charge in [-0.1, -0.05) is 97.1 Å². The lowest BCUT2D eigenvalue weighted by atomic mass is 9.97. The number of carbonyl (C=O) groups is 2. The van der Waals surface area contributed by atoms with Crippen LogP contribution >= 0.6 is 0 Å². The van der Waals surface area contributed by atoms with Crippen LogP contribution in [0.15, 0.2) is 121 Å². The second-order valence-corrected chi connectivity index (χ2v) is 14.2. The van der Waals surface area contributed by atoms with Crippen LogP contribution in [0.4, 0.5) is 11.4 Å². The van der Waals surface area contributed by atoms with Gasteiger partial charge in [0.2, 0.25) is 11.8 Å². The molecule has 0 saturated carbocycles.